The van der Waals surface area contributed by atoms with Crippen molar-refractivity contribution in [2.24, 2.45) is 0 Å². The number of oxazole rings is 1. The Balaban J connectivity index is 1.47. The fourth-order valence-corrected chi connectivity index (χ4v) is 6.17. The third-order valence-corrected chi connectivity index (χ3v) is 8.35. The SMILES string of the molecule is COc1cc(-c2nnc3n2CCCC3(CCc2ccccc2)c2ccc(Cl)c(C(F)(F)F)c2)ccc1-c1cnc(C)o1. The summed E-state index contributed by atoms with van der Waals surface area (Å²) >= 11 is 6.03. The van der Waals surface area contributed by atoms with Gasteiger partial charge in [-0.2, -0.15) is 13.2 Å². The van der Waals surface area contributed by atoms with E-state index in [0.29, 0.717) is 60.4 Å². The van der Waals surface area contributed by atoms with Gasteiger partial charge in [-0.3, -0.25) is 0 Å². The minimum absolute atomic E-state index is 0.323. The number of benzene rings is 3. The Bertz CT molecular complexity index is 1730. The van der Waals surface area contributed by atoms with E-state index in [4.69, 9.17) is 20.8 Å². The van der Waals surface area contributed by atoms with Gasteiger partial charge in [0.1, 0.15) is 11.6 Å². The Hall–Kier alpha value is -4.11. The fraction of sp³-hybridized carbons (Fsp3) is 0.281. The van der Waals surface area contributed by atoms with Crippen molar-refractivity contribution in [3.05, 3.63) is 106 Å². The topological polar surface area (TPSA) is 66.0 Å². The number of nitrogens with zero attached hydrogens (tertiary/aromatic N) is 4. The van der Waals surface area contributed by atoms with E-state index in [9.17, 15) is 13.2 Å². The maximum absolute atomic E-state index is 14.0. The molecule has 0 bridgehead atoms. The van der Waals surface area contributed by atoms with Crippen LogP contribution in [0.2, 0.25) is 5.02 Å². The molecule has 0 aliphatic carbocycles. The fourth-order valence-electron chi connectivity index (χ4n) is 5.95. The van der Waals surface area contributed by atoms with Gasteiger partial charge in [-0.1, -0.05) is 54.1 Å². The molecule has 0 amide bonds. The van der Waals surface area contributed by atoms with Crippen LogP contribution in [0.3, 0.4) is 0 Å². The van der Waals surface area contributed by atoms with Gasteiger partial charge >= 0.3 is 6.18 Å². The number of hydrogen-bond acceptors (Lipinski definition) is 5. The van der Waals surface area contributed by atoms with Crippen molar-refractivity contribution < 1.29 is 22.3 Å². The molecule has 0 saturated heterocycles. The van der Waals surface area contributed by atoms with Gasteiger partial charge in [0.15, 0.2) is 17.5 Å². The van der Waals surface area contributed by atoms with Crippen LogP contribution in [0.4, 0.5) is 13.2 Å². The predicted octanol–water partition coefficient (Wildman–Crippen LogP) is 8.30. The number of methoxy groups -OCH3 is 1. The number of aromatic nitrogens is 4. The molecule has 1 aliphatic rings. The van der Waals surface area contributed by atoms with Crippen molar-refractivity contribution in [3.8, 4) is 28.5 Å². The molecule has 1 aliphatic heterocycles. The van der Waals surface area contributed by atoms with Crippen LogP contribution in [0.1, 0.15) is 47.7 Å². The maximum Gasteiger partial charge on any atom is 0.417 e. The maximum atomic E-state index is 14.0. The van der Waals surface area contributed by atoms with E-state index in [1.807, 2.05) is 53.1 Å². The number of rotatable bonds is 7. The smallest absolute Gasteiger partial charge is 0.417 e. The van der Waals surface area contributed by atoms with Gasteiger partial charge in [-0.15, -0.1) is 10.2 Å². The zero-order chi connectivity index (χ0) is 29.5. The third kappa shape index (κ3) is 5.06. The van der Waals surface area contributed by atoms with Gasteiger partial charge in [-0.25, -0.2) is 4.98 Å². The summed E-state index contributed by atoms with van der Waals surface area (Å²) in [6, 6.07) is 19.8. The molecule has 42 heavy (non-hydrogen) atoms. The molecular weight excluding hydrogens is 565 g/mol. The standard InChI is InChI=1S/C32H28ClF3N4O2/c1-20-37-19-28(42-20)24-11-9-22(17-27(24)41-2)29-38-39-30-31(14-6-16-40(29)30,15-13-21-7-4-3-5-8-21)23-10-12-26(33)25(18-23)32(34,35)36/h3-5,7-12,17-19H,6,13-16H2,1-2H3. The lowest BCUT2D eigenvalue weighted by Gasteiger charge is -2.38. The number of hydrogen-bond donors (Lipinski definition) is 0. The van der Waals surface area contributed by atoms with E-state index in [2.05, 4.69) is 15.2 Å². The minimum atomic E-state index is -4.58. The molecular formula is C32H28ClF3N4O2. The quantitative estimate of drug-likeness (QED) is 0.190. The lowest BCUT2D eigenvalue weighted by molar-refractivity contribution is -0.137. The first kappa shape index (κ1) is 28.0. The Morgan fingerprint density at radius 1 is 1.05 bits per heavy atom. The summed E-state index contributed by atoms with van der Waals surface area (Å²) in [5, 5.41) is 8.92. The van der Waals surface area contributed by atoms with Crippen LogP contribution in [0.15, 0.2) is 77.3 Å². The summed E-state index contributed by atoms with van der Waals surface area (Å²) in [6.45, 7) is 2.41. The Morgan fingerprint density at radius 2 is 1.86 bits per heavy atom. The second kappa shape index (κ2) is 10.9. The van der Waals surface area contributed by atoms with Crippen LogP contribution in [0, 0.1) is 6.92 Å². The number of ether oxygens (including phenoxy) is 1. The molecule has 0 spiro atoms. The van der Waals surface area contributed by atoms with Crippen LogP contribution < -0.4 is 4.74 Å². The molecule has 3 aromatic carbocycles. The van der Waals surface area contributed by atoms with Crippen LogP contribution in [-0.4, -0.2) is 26.9 Å². The summed E-state index contributed by atoms with van der Waals surface area (Å²) in [7, 11) is 1.58. The predicted molar refractivity (Wildman–Crippen MR) is 153 cm³/mol. The van der Waals surface area contributed by atoms with E-state index in [1.165, 1.54) is 12.1 Å². The summed E-state index contributed by atoms with van der Waals surface area (Å²) in [4.78, 5) is 4.18. The lowest BCUT2D eigenvalue weighted by Crippen LogP contribution is -2.36. The molecule has 1 unspecified atom stereocenters. The van der Waals surface area contributed by atoms with Gasteiger partial charge in [0.2, 0.25) is 0 Å². The van der Waals surface area contributed by atoms with Crippen LogP contribution in [0.5, 0.6) is 5.75 Å². The highest BCUT2D eigenvalue weighted by molar-refractivity contribution is 6.31. The molecule has 0 N–H and O–H groups in total. The van der Waals surface area contributed by atoms with Crippen molar-refractivity contribution in [3.63, 3.8) is 0 Å². The normalized spacial score (nSPS) is 16.8. The molecule has 3 heterocycles. The average Bonchev–Trinajstić information content (AvgIpc) is 3.63. The van der Waals surface area contributed by atoms with E-state index in [-0.39, 0.29) is 5.02 Å². The summed E-state index contributed by atoms with van der Waals surface area (Å²) < 4.78 is 55.4. The molecule has 10 heteroatoms. The second-order valence-corrected chi connectivity index (χ2v) is 10.9. The highest BCUT2D eigenvalue weighted by atomic mass is 35.5. The van der Waals surface area contributed by atoms with Gasteiger partial charge in [0.25, 0.3) is 0 Å². The Morgan fingerprint density at radius 3 is 2.57 bits per heavy atom. The molecule has 1 atom stereocenters. The largest absolute Gasteiger partial charge is 0.496 e. The van der Waals surface area contributed by atoms with Crippen molar-refractivity contribution >= 4 is 11.6 Å². The van der Waals surface area contributed by atoms with E-state index >= 15 is 0 Å². The number of alkyl halides is 3. The van der Waals surface area contributed by atoms with Crippen LogP contribution in [-0.2, 0) is 24.6 Å². The van der Waals surface area contributed by atoms with Crippen LogP contribution in [0.25, 0.3) is 22.7 Å². The van der Waals surface area contributed by atoms with E-state index in [1.54, 1.807) is 26.3 Å². The highest BCUT2D eigenvalue weighted by Crippen LogP contribution is 2.47. The van der Waals surface area contributed by atoms with Crippen molar-refractivity contribution in [2.75, 3.05) is 7.11 Å². The first-order chi connectivity index (χ1) is 20.2. The molecule has 0 fully saturated rings. The monoisotopic (exact) mass is 592 g/mol. The molecule has 5 aromatic rings. The van der Waals surface area contributed by atoms with Gasteiger partial charge in [-0.05, 0) is 61.1 Å². The van der Waals surface area contributed by atoms with Crippen molar-refractivity contribution in [1.29, 1.82) is 0 Å². The lowest BCUT2D eigenvalue weighted by atomic mass is 9.70. The molecule has 2 aromatic heterocycles. The molecule has 6 rings (SSSR count). The number of halogens is 4. The van der Waals surface area contributed by atoms with Gasteiger partial charge in [0.05, 0.1) is 34.9 Å². The Kier molecular flexibility index (Phi) is 7.30. The Labute approximate surface area is 246 Å². The highest BCUT2D eigenvalue weighted by Gasteiger charge is 2.44. The first-order valence-corrected chi connectivity index (χ1v) is 14.0. The van der Waals surface area contributed by atoms with Crippen LogP contribution >= 0.6 is 11.6 Å². The zero-order valence-corrected chi connectivity index (χ0v) is 23.8. The van der Waals surface area contributed by atoms with E-state index < -0.39 is 17.2 Å². The summed E-state index contributed by atoms with van der Waals surface area (Å²) in [6.07, 6.45) is -0.351. The molecule has 6 nitrogen and oxygen atoms in total. The third-order valence-electron chi connectivity index (χ3n) is 8.02. The summed E-state index contributed by atoms with van der Waals surface area (Å²) in [5.74, 6) is 2.98. The van der Waals surface area contributed by atoms with Gasteiger partial charge in [0, 0.05) is 19.0 Å². The number of fused-ring (bicyclic) bond motifs is 1. The second-order valence-electron chi connectivity index (χ2n) is 10.5. The molecule has 0 saturated carbocycles. The minimum Gasteiger partial charge on any atom is -0.496 e. The first-order valence-electron chi connectivity index (χ1n) is 13.7. The number of aryl methyl sites for hydroxylation is 2. The average molecular weight is 593 g/mol. The van der Waals surface area contributed by atoms with E-state index in [0.717, 1.165) is 23.1 Å². The molecule has 216 valence electrons. The summed E-state index contributed by atoms with van der Waals surface area (Å²) in [5.41, 5.74) is 1.51. The van der Waals surface area contributed by atoms with Crippen molar-refractivity contribution in [2.45, 2.75) is 50.7 Å². The van der Waals surface area contributed by atoms with Gasteiger partial charge < -0.3 is 13.7 Å². The van der Waals surface area contributed by atoms with Crippen molar-refractivity contribution in [1.82, 2.24) is 19.7 Å². The molecule has 0 radical (unpaired) electrons. The zero-order valence-electron chi connectivity index (χ0n) is 23.1.